The zero-order chi connectivity index (χ0) is 9.40. The number of carboxylic acid groups (broad SMARTS) is 1. The number of hydrogen-bond donors (Lipinski definition) is 0. The number of hydrogen-bond acceptors (Lipinski definition) is 2. The summed E-state index contributed by atoms with van der Waals surface area (Å²) in [5, 5.41) is 10.2. The molecule has 0 aromatic rings. The third kappa shape index (κ3) is 7.32. The van der Waals surface area contributed by atoms with Crippen molar-refractivity contribution >= 4 is 5.97 Å². The van der Waals surface area contributed by atoms with E-state index in [0.29, 0.717) is 0 Å². The average molecular weight is 169 g/mol. The van der Waals surface area contributed by atoms with Gasteiger partial charge in [0.15, 0.2) is 0 Å². The molecule has 0 aromatic heterocycles. The van der Waals surface area contributed by atoms with Crippen LogP contribution in [0.4, 0.5) is 0 Å². The number of aliphatic carboxylic acids is 1. The van der Waals surface area contributed by atoms with Crippen molar-refractivity contribution in [1.29, 1.82) is 0 Å². The Morgan fingerprint density at radius 2 is 2.25 bits per heavy atom. The van der Waals surface area contributed by atoms with Crippen LogP contribution in [0.15, 0.2) is 12.2 Å². The van der Waals surface area contributed by atoms with Gasteiger partial charge in [0.1, 0.15) is 0 Å². The Bertz CT molecular complexity index is 150. The van der Waals surface area contributed by atoms with E-state index in [-0.39, 0.29) is 12.3 Å². The maximum absolute atomic E-state index is 10.2. The molecule has 12 heavy (non-hydrogen) atoms. The highest BCUT2D eigenvalue weighted by atomic mass is 16.4. The number of carboxylic acids is 1. The van der Waals surface area contributed by atoms with Gasteiger partial charge in [-0.05, 0) is 18.8 Å². The van der Waals surface area contributed by atoms with Crippen molar-refractivity contribution in [1.82, 2.24) is 0 Å². The summed E-state index contributed by atoms with van der Waals surface area (Å²) in [4.78, 5) is 10.2. The summed E-state index contributed by atoms with van der Waals surface area (Å²) < 4.78 is 0. The van der Waals surface area contributed by atoms with Gasteiger partial charge in [0.2, 0.25) is 0 Å². The molecule has 0 aliphatic rings. The number of carbonyl (C=O) groups is 1. The normalized spacial score (nSPS) is 13.5. The first-order valence-corrected chi connectivity index (χ1v) is 4.53. The van der Waals surface area contributed by atoms with E-state index in [1.807, 2.05) is 13.0 Å². The van der Waals surface area contributed by atoms with Crippen LogP contribution >= 0.6 is 0 Å². The summed E-state index contributed by atoms with van der Waals surface area (Å²) in [6.07, 6.45) is 7.53. The molecule has 0 rings (SSSR count). The molecule has 0 saturated carbocycles. The lowest BCUT2D eigenvalue weighted by Gasteiger charge is -2.05. The van der Waals surface area contributed by atoms with E-state index in [1.165, 1.54) is 12.8 Å². The van der Waals surface area contributed by atoms with Gasteiger partial charge in [0.05, 0.1) is 0 Å². The van der Waals surface area contributed by atoms with E-state index >= 15 is 0 Å². The number of carbonyl (C=O) groups excluding carboxylic acids is 1. The molecular formula is C10H17O2-. The Labute approximate surface area is 74.3 Å². The SMILES string of the molecule is CCCC/C=C/C(C)CC(=O)[O-]. The quantitative estimate of drug-likeness (QED) is 0.446. The fourth-order valence-corrected chi connectivity index (χ4v) is 0.981. The smallest absolute Gasteiger partial charge is 0.0420 e. The van der Waals surface area contributed by atoms with E-state index in [2.05, 4.69) is 13.0 Å². The molecule has 0 bridgehead atoms. The minimum Gasteiger partial charge on any atom is -0.550 e. The van der Waals surface area contributed by atoms with Crippen LogP contribution in [0, 0.1) is 5.92 Å². The van der Waals surface area contributed by atoms with E-state index < -0.39 is 5.97 Å². The van der Waals surface area contributed by atoms with E-state index in [1.54, 1.807) is 0 Å². The molecule has 0 radical (unpaired) electrons. The van der Waals surface area contributed by atoms with Gasteiger partial charge >= 0.3 is 0 Å². The highest BCUT2D eigenvalue weighted by Gasteiger charge is 1.95. The molecule has 0 aliphatic carbocycles. The van der Waals surface area contributed by atoms with E-state index in [9.17, 15) is 9.90 Å². The predicted octanol–water partition coefficient (Wildman–Crippen LogP) is 1.51. The summed E-state index contributed by atoms with van der Waals surface area (Å²) in [5.41, 5.74) is 0. The summed E-state index contributed by atoms with van der Waals surface area (Å²) in [5.74, 6) is -0.866. The standard InChI is InChI=1S/C10H18O2/c1-3-4-5-6-7-9(2)8-10(11)12/h6-7,9H,3-5,8H2,1-2H3,(H,11,12)/p-1/b7-6+. The van der Waals surface area contributed by atoms with Crippen LogP contribution < -0.4 is 5.11 Å². The van der Waals surface area contributed by atoms with Crippen molar-refractivity contribution in [3.8, 4) is 0 Å². The summed E-state index contributed by atoms with van der Waals surface area (Å²) >= 11 is 0. The van der Waals surface area contributed by atoms with Gasteiger partial charge in [-0.3, -0.25) is 0 Å². The number of unbranched alkanes of at least 4 members (excludes halogenated alkanes) is 2. The first-order valence-electron chi connectivity index (χ1n) is 4.53. The molecule has 0 N–H and O–H groups in total. The molecule has 0 aliphatic heterocycles. The summed E-state index contributed by atoms with van der Waals surface area (Å²) in [6.45, 7) is 4.02. The van der Waals surface area contributed by atoms with Crippen LogP contribution in [0.3, 0.4) is 0 Å². The monoisotopic (exact) mass is 169 g/mol. The van der Waals surface area contributed by atoms with Gasteiger partial charge < -0.3 is 9.90 Å². The van der Waals surface area contributed by atoms with Crippen molar-refractivity contribution in [2.75, 3.05) is 0 Å². The largest absolute Gasteiger partial charge is 0.550 e. The van der Waals surface area contributed by atoms with Gasteiger partial charge in [-0.2, -0.15) is 0 Å². The molecule has 0 fully saturated rings. The van der Waals surface area contributed by atoms with Crippen LogP contribution in [0.2, 0.25) is 0 Å². The van der Waals surface area contributed by atoms with Gasteiger partial charge in [0.25, 0.3) is 0 Å². The van der Waals surface area contributed by atoms with E-state index in [4.69, 9.17) is 0 Å². The second-order valence-electron chi connectivity index (χ2n) is 3.12. The highest BCUT2D eigenvalue weighted by Crippen LogP contribution is 2.04. The lowest BCUT2D eigenvalue weighted by atomic mass is 10.1. The Morgan fingerprint density at radius 1 is 1.58 bits per heavy atom. The number of allylic oxidation sites excluding steroid dienone is 2. The molecule has 0 spiro atoms. The lowest BCUT2D eigenvalue weighted by molar-refractivity contribution is -0.306. The van der Waals surface area contributed by atoms with Crippen LogP contribution in [-0.4, -0.2) is 5.97 Å². The zero-order valence-corrected chi connectivity index (χ0v) is 7.88. The molecule has 1 atom stereocenters. The van der Waals surface area contributed by atoms with Crippen molar-refractivity contribution in [3.63, 3.8) is 0 Å². The Kier molecular flexibility index (Phi) is 6.44. The maximum Gasteiger partial charge on any atom is 0.0420 e. The highest BCUT2D eigenvalue weighted by molar-refractivity contribution is 5.64. The fraction of sp³-hybridized carbons (Fsp3) is 0.700. The Hall–Kier alpha value is -0.790. The van der Waals surface area contributed by atoms with Crippen LogP contribution in [0.25, 0.3) is 0 Å². The first kappa shape index (κ1) is 11.2. The topological polar surface area (TPSA) is 40.1 Å². The molecule has 2 nitrogen and oxygen atoms in total. The first-order chi connectivity index (χ1) is 5.66. The molecule has 0 heterocycles. The minimum atomic E-state index is -0.970. The van der Waals surface area contributed by atoms with Gasteiger partial charge in [-0.25, -0.2) is 0 Å². The maximum atomic E-state index is 10.2. The molecule has 0 saturated heterocycles. The predicted molar refractivity (Wildman–Crippen MR) is 47.5 cm³/mol. The Morgan fingerprint density at radius 3 is 2.75 bits per heavy atom. The van der Waals surface area contributed by atoms with Crippen molar-refractivity contribution in [2.45, 2.75) is 39.5 Å². The molecule has 0 aromatic carbocycles. The number of rotatable bonds is 6. The van der Waals surface area contributed by atoms with Gasteiger partial charge in [-0.1, -0.05) is 38.8 Å². The molecule has 70 valence electrons. The molecular weight excluding hydrogens is 152 g/mol. The average Bonchev–Trinajstić information content (AvgIpc) is 1.97. The van der Waals surface area contributed by atoms with Crippen LogP contribution in [-0.2, 0) is 4.79 Å². The van der Waals surface area contributed by atoms with Gasteiger partial charge in [0, 0.05) is 5.97 Å². The third-order valence-corrected chi connectivity index (χ3v) is 1.68. The second kappa shape index (κ2) is 6.89. The van der Waals surface area contributed by atoms with Crippen molar-refractivity contribution in [2.24, 2.45) is 5.92 Å². The summed E-state index contributed by atoms with van der Waals surface area (Å²) in [6, 6.07) is 0. The van der Waals surface area contributed by atoms with Crippen LogP contribution in [0.5, 0.6) is 0 Å². The second-order valence-corrected chi connectivity index (χ2v) is 3.12. The lowest BCUT2D eigenvalue weighted by Crippen LogP contribution is -2.23. The van der Waals surface area contributed by atoms with Gasteiger partial charge in [-0.15, -0.1) is 0 Å². The van der Waals surface area contributed by atoms with Crippen LogP contribution in [0.1, 0.15) is 39.5 Å². The van der Waals surface area contributed by atoms with Crippen molar-refractivity contribution < 1.29 is 9.90 Å². The minimum absolute atomic E-state index is 0.104. The summed E-state index contributed by atoms with van der Waals surface area (Å²) in [7, 11) is 0. The van der Waals surface area contributed by atoms with E-state index in [0.717, 1.165) is 6.42 Å². The molecule has 0 amide bonds. The van der Waals surface area contributed by atoms with Crippen molar-refractivity contribution in [3.05, 3.63) is 12.2 Å². The Balaban J connectivity index is 3.46. The zero-order valence-electron chi connectivity index (χ0n) is 7.88. The molecule has 1 unspecified atom stereocenters. The third-order valence-electron chi connectivity index (χ3n) is 1.68. The molecule has 2 heteroatoms. The fourth-order valence-electron chi connectivity index (χ4n) is 0.981.